The quantitative estimate of drug-likeness (QED) is 0.308. The molecule has 1 nitrogen and oxygen atoms in total. The van der Waals surface area contributed by atoms with E-state index in [0.717, 1.165) is 38.4 Å². The minimum atomic E-state index is 0.305. The summed E-state index contributed by atoms with van der Waals surface area (Å²) in [7, 11) is 0. The predicted octanol–water partition coefficient (Wildman–Crippen LogP) is 3.35. The van der Waals surface area contributed by atoms with Crippen molar-refractivity contribution < 1.29 is 4.79 Å². The van der Waals surface area contributed by atoms with E-state index >= 15 is 0 Å². The van der Waals surface area contributed by atoms with Gasteiger partial charge in [-0.05, 0) is 25.7 Å². The highest BCUT2D eigenvalue weighted by Gasteiger charge is 2.04. The van der Waals surface area contributed by atoms with Gasteiger partial charge in [0.15, 0.2) is 0 Å². The number of hydrogen-bond acceptors (Lipinski definition) is 1. The second-order valence-electron chi connectivity index (χ2n) is 3.26. The first kappa shape index (κ1) is 11.4. The topological polar surface area (TPSA) is 17.1 Å². The fourth-order valence-electron chi connectivity index (χ4n) is 1.35. The summed E-state index contributed by atoms with van der Waals surface area (Å²) in [5, 5.41) is 0. The average molecular weight is 168 g/mol. The van der Waals surface area contributed by atoms with E-state index in [1.807, 2.05) is 6.08 Å². The van der Waals surface area contributed by atoms with Crippen LogP contribution in [0.2, 0.25) is 0 Å². The fourth-order valence-corrected chi connectivity index (χ4v) is 1.35. The fraction of sp³-hybridized carbons (Fsp3) is 0.727. The molecule has 0 aliphatic carbocycles. The van der Waals surface area contributed by atoms with Crippen LogP contribution >= 0.6 is 0 Å². The van der Waals surface area contributed by atoms with Gasteiger partial charge in [-0.25, -0.2) is 0 Å². The zero-order valence-corrected chi connectivity index (χ0v) is 8.09. The van der Waals surface area contributed by atoms with Crippen LogP contribution in [0.4, 0.5) is 0 Å². The van der Waals surface area contributed by atoms with Crippen LogP contribution in [0.25, 0.3) is 0 Å². The van der Waals surface area contributed by atoms with Gasteiger partial charge in [-0.1, -0.05) is 25.8 Å². The molecule has 0 saturated carbocycles. The summed E-state index contributed by atoms with van der Waals surface area (Å²) in [6.07, 6.45) is 9.70. The van der Waals surface area contributed by atoms with Crippen LogP contribution in [0.5, 0.6) is 0 Å². The van der Waals surface area contributed by atoms with Crippen LogP contribution < -0.4 is 0 Å². The normalized spacial score (nSPS) is 12.4. The number of unbranched alkanes of at least 4 members (excludes halogenated alkanes) is 2. The highest BCUT2D eigenvalue weighted by Crippen LogP contribution is 2.13. The number of carbonyl (C=O) groups is 1. The Hall–Kier alpha value is -0.590. The molecule has 1 heteroatoms. The highest BCUT2D eigenvalue weighted by atomic mass is 16.1. The lowest BCUT2D eigenvalue weighted by Gasteiger charge is -2.06. The molecular formula is C11H20O. The van der Waals surface area contributed by atoms with Crippen molar-refractivity contribution in [3.63, 3.8) is 0 Å². The van der Waals surface area contributed by atoms with Gasteiger partial charge in [-0.3, -0.25) is 0 Å². The minimum absolute atomic E-state index is 0.305. The van der Waals surface area contributed by atoms with Crippen LogP contribution in [0.15, 0.2) is 12.7 Å². The van der Waals surface area contributed by atoms with E-state index in [4.69, 9.17) is 0 Å². The first-order chi connectivity index (χ1) is 5.85. The SMILES string of the molecule is C=CCCCCC(C=O)CCC. The van der Waals surface area contributed by atoms with Gasteiger partial charge in [-0.2, -0.15) is 0 Å². The third kappa shape index (κ3) is 6.14. The van der Waals surface area contributed by atoms with Crippen molar-refractivity contribution >= 4 is 6.29 Å². The smallest absolute Gasteiger partial charge is 0.123 e. The highest BCUT2D eigenvalue weighted by molar-refractivity contribution is 5.53. The van der Waals surface area contributed by atoms with Crippen molar-refractivity contribution in [1.29, 1.82) is 0 Å². The predicted molar refractivity (Wildman–Crippen MR) is 53.1 cm³/mol. The number of carbonyl (C=O) groups excluding carboxylic acids is 1. The van der Waals surface area contributed by atoms with E-state index in [9.17, 15) is 4.79 Å². The lowest BCUT2D eigenvalue weighted by atomic mass is 9.98. The second kappa shape index (κ2) is 8.51. The molecule has 70 valence electrons. The van der Waals surface area contributed by atoms with Crippen molar-refractivity contribution in [2.45, 2.75) is 45.4 Å². The molecular weight excluding hydrogens is 148 g/mol. The Morgan fingerprint density at radius 2 is 2.08 bits per heavy atom. The molecule has 0 saturated heterocycles. The summed E-state index contributed by atoms with van der Waals surface area (Å²) < 4.78 is 0. The third-order valence-electron chi connectivity index (χ3n) is 2.09. The Morgan fingerprint density at radius 1 is 1.33 bits per heavy atom. The average Bonchev–Trinajstić information content (AvgIpc) is 2.10. The Labute approximate surface area is 75.9 Å². The van der Waals surface area contributed by atoms with E-state index < -0.39 is 0 Å². The van der Waals surface area contributed by atoms with Crippen LogP contribution in [0.3, 0.4) is 0 Å². The standard InChI is InChI=1S/C11H20O/c1-3-5-6-7-9-11(10-12)8-4-2/h3,10-11H,1,4-9H2,2H3. The van der Waals surface area contributed by atoms with E-state index in [1.165, 1.54) is 6.42 Å². The Morgan fingerprint density at radius 3 is 2.58 bits per heavy atom. The van der Waals surface area contributed by atoms with Crippen molar-refractivity contribution in [1.82, 2.24) is 0 Å². The van der Waals surface area contributed by atoms with Gasteiger partial charge in [0.05, 0.1) is 0 Å². The molecule has 0 rings (SSSR count). The van der Waals surface area contributed by atoms with Crippen LogP contribution in [0, 0.1) is 5.92 Å². The molecule has 0 spiro atoms. The minimum Gasteiger partial charge on any atom is -0.303 e. The van der Waals surface area contributed by atoms with Crippen molar-refractivity contribution in [2.24, 2.45) is 5.92 Å². The lowest BCUT2D eigenvalue weighted by molar-refractivity contribution is -0.111. The van der Waals surface area contributed by atoms with Gasteiger partial charge in [0, 0.05) is 5.92 Å². The summed E-state index contributed by atoms with van der Waals surface area (Å²) in [5.41, 5.74) is 0. The second-order valence-corrected chi connectivity index (χ2v) is 3.26. The van der Waals surface area contributed by atoms with E-state index in [0.29, 0.717) is 5.92 Å². The van der Waals surface area contributed by atoms with Crippen LogP contribution in [-0.2, 0) is 4.79 Å². The molecule has 0 aromatic heterocycles. The zero-order chi connectivity index (χ0) is 9.23. The monoisotopic (exact) mass is 168 g/mol. The third-order valence-corrected chi connectivity index (χ3v) is 2.09. The molecule has 1 unspecified atom stereocenters. The Bertz CT molecular complexity index is 118. The summed E-state index contributed by atoms with van der Waals surface area (Å²) >= 11 is 0. The summed E-state index contributed by atoms with van der Waals surface area (Å²) in [5.74, 6) is 0.305. The van der Waals surface area contributed by atoms with E-state index in [2.05, 4.69) is 13.5 Å². The summed E-state index contributed by atoms with van der Waals surface area (Å²) in [6.45, 7) is 5.79. The lowest BCUT2D eigenvalue weighted by Crippen LogP contribution is -2.00. The number of aldehydes is 1. The largest absolute Gasteiger partial charge is 0.303 e. The molecule has 12 heavy (non-hydrogen) atoms. The van der Waals surface area contributed by atoms with Gasteiger partial charge in [0.2, 0.25) is 0 Å². The molecule has 0 bridgehead atoms. The molecule has 0 aliphatic heterocycles. The molecule has 0 aromatic rings. The molecule has 0 N–H and O–H groups in total. The molecule has 0 fully saturated rings. The van der Waals surface area contributed by atoms with Crippen molar-refractivity contribution in [3.8, 4) is 0 Å². The molecule has 1 atom stereocenters. The number of hydrogen-bond donors (Lipinski definition) is 0. The van der Waals surface area contributed by atoms with Crippen molar-refractivity contribution in [2.75, 3.05) is 0 Å². The Balaban J connectivity index is 3.30. The van der Waals surface area contributed by atoms with Crippen molar-refractivity contribution in [3.05, 3.63) is 12.7 Å². The Kier molecular flexibility index (Phi) is 8.09. The van der Waals surface area contributed by atoms with Gasteiger partial charge in [0.25, 0.3) is 0 Å². The summed E-state index contributed by atoms with van der Waals surface area (Å²) in [4.78, 5) is 10.5. The summed E-state index contributed by atoms with van der Waals surface area (Å²) in [6, 6.07) is 0. The van der Waals surface area contributed by atoms with Gasteiger partial charge in [0.1, 0.15) is 6.29 Å². The van der Waals surface area contributed by atoms with Gasteiger partial charge in [-0.15, -0.1) is 6.58 Å². The maximum Gasteiger partial charge on any atom is 0.123 e. The van der Waals surface area contributed by atoms with E-state index in [-0.39, 0.29) is 0 Å². The maximum absolute atomic E-state index is 10.5. The first-order valence-corrected chi connectivity index (χ1v) is 4.91. The molecule has 0 heterocycles. The van der Waals surface area contributed by atoms with Crippen LogP contribution in [-0.4, -0.2) is 6.29 Å². The number of allylic oxidation sites excluding steroid dienone is 1. The molecule has 0 radical (unpaired) electrons. The maximum atomic E-state index is 10.5. The van der Waals surface area contributed by atoms with Crippen LogP contribution in [0.1, 0.15) is 45.4 Å². The molecule has 0 aliphatic rings. The van der Waals surface area contributed by atoms with Gasteiger partial charge >= 0.3 is 0 Å². The molecule has 0 aromatic carbocycles. The zero-order valence-electron chi connectivity index (χ0n) is 8.09. The molecule has 0 amide bonds. The number of rotatable bonds is 8. The first-order valence-electron chi connectivity index (χ1n) is 4.91. The van der Waals surface area contributed by atoms with E-state index in [1.54, 1.807) is 0 Å². The van der Waals surface area contributed by atoms with Gasteiger partial charge < -0.3 is 4.79 Å².